The summed E-state index contributed by atoms with van der Waals surface area (Å²) in [5, 5.41) is 8.21. The molecule has 1 aliphatic rings. The molecular weight excluding hydrogens is 164 g/mol. The molecule has 0 amide bonds. The molecule has 13 heavy (non-hydrogen) atoms. The SMILES string of the molecule is CC(C)Cn1cc(N2CCC2)nn1. The van der Waals surface area contributed by atoms with Crippen LogP contribution in [0.3, 0.4) is 0 Å². The number of hydrogen-bond acceptors (Lipinski definition) is 3. The van der Waals surface area contributed by atoms with E-state index < -0.39 is 0 Å². The Bertz CT molecular complexity index is 275. The fourth-order valence-corrected chi connectivity index (χ4v) is 1.44. The van der Waals surface area contributed by atoms with Gasteiger partial charge in [0.05, 0.1) is 6.20 Å². The zero-order chi connectivity index (χ0) is 9.26. The van der Waals surface area contributed by atoms with E-state index in [2.05, 4.69) is 29.1 Å². The quantitative estimate of drug-likeness (QED) is 0.699. The molecule has 4 heteroatoms. The first-order valence-electron chi connectivity index (χ1n) is 4.91. The minimum atomic E-state index is 0.631. The third kappa shape index (κ3) is 1.82. The first kappa shape index (κ1) is 8.53. The van der Waals surface area contributed by atoms with Crippen LogP contribution in [-0.4, -0.2) is 28.1 Å². The predicted molar refractivity (Wildman–Crippen MR) is 51.7 cm³/mol. The van der Waals surface area contributed by atoms with Crippen molar-refractivity contribution in [2.45, 2.75) is 26.8 Å². The van der Waals surface area contributed by atoms with E-state index in [1.165, 1.54) is 6.42 Å². The Morgan fingerprint density at radius 3 is 2.77 bits per heavy atom. The van der Waals surface area contributed by atoms with E-state index in [0.29, 0.717) is 5.92 Å². The second-order valence-electron chi connectivity index (χ2n) is 4.03. The Morgan fingerprint density at radius 2 is 2.23 bits per heavy atom. The lowest BCUT2D eigenvalue weighted by Gasteiger charge is -2.30. The van der Waals surface area contributed by atoms with Gasteiger partial charge in [0.25, 0.3) is 0 Å². The minimum Gasteiger partial charge on any atom is -0.354 e. The molecule has 0 bridgehead atoms. The number of rotatable bonds is 3. The van der Waals surface area contributed by atoms with Gasteiger partial charge in [-0.25, -0.2) is 0 Å². The molecule has 2 rings (SSSR count). The van der Waals surface area contributed by atoms with Crippen LogP contribution in [0.25, 0.3) is 0 Å². The molecule has 0 saturated carbocycles. The van der Waals surface area contributed by atoms with E-state index in [-0.39, 0.29) is 0 Å². The number of anilines is 1. The Kier molecular flexibility index (Phi) is 2.20. The van der Waals surface area contributed by atoms with Crippen LogP contribution < -0.4 is 4.90 Å². The summed E-state index contributed by atoms with van der Waals surface area (Å²) in [5.74, 6) is 1.66. The number of aromatic nitrogens is 3. The van der Waals surface area contributed by atoms with Crippen molar-refractivity contribution in [2.75, 3.05) is 18.0 Å². The van der Waals surface area contributed by atoms with Gasteiger partial charge in [0.15, 0.2) is 5.82 Å². The van der Waals surface area contributed by atoms with Gasteiger partial charge in [0, 0.05) is 19.6 Å². The second kappa shape index (κ2) is 3.36. The van der Waals surface area contributed by atoms with Gasteiger partial charge in [-0.05, 0) is 12.3 Å². The lowest BCUT2D eigenvalue weighted by atomic mass is 10.2. The normalized spacial score (nSPS) is 16.4. The van der Waals surface area contributed by atoms with Crippen molar-refractivity contribution in [1.82, 2.24) is 15.0 Å². The molecule has 1 aromatic heterocycles. The summed E-state index contributed by atoms with van der Waals surface area (Å²) in [6, 6.07) is 0. The second-order valence-corrected chi connectivity index (χ2v) is 4.03. The Morgan fingerprint density at radius 1 is 1.46 bits per heavy atom. The lowest BCUT2D eigenvalue weighted by molar-refractivity contribution is 0.472. The zero-order valence-electron chi connectivity index (χ0n) is 8.27. The fraction of sp³-hybridized carbons (Fsp3) is 0.778. The molecule has 2 heterocycles. The van der Waals surface area contributed by atoms with Gasteiger partial charge in [0.2, 0.25) is 0 Å². The van der Waals surface area contributed by atoms with E-state index in [9.17, 15) is 0 Å². The topological polar surface area (TPSA) is 34.0 Å². The molecule has 1 fully saturated rings. The molecule has 72 valence electrons. The Balaban J connectivity index is 2.00. The maximum Gasteiger partial charge on any atom is 0.171 e. The molecule has 4 nitrogen and oxygen atoms in total. The predicted octanol–water partition coefficient (Wildman–Crippen LogP) is 1.14. The summed E-state index contributed by atoms with van der Waals surface area (Å²) < 4.78 is 1.93. The van der Waals surface area contributed by atoms with Crippen LogP contribution in [0.1, 0.15) is 20.3 Å². The van der Waals surface area contributed by atoms with Crippen LogP contribution in [0.2, 0.25) is 0 Å². The molecule has 0 aliphatic carbocycles. The molecule has 0 spiro atoms. The highest BCUT2D eigenvalue weighted by atomic mass is 15.5. The van der Waals surface area contributed by atoms with Gasteiger partial charge in [-0.3, -0.25) is 4.68 Å². The molecule has 0 atom stereocenters. The van der Waals surface area contributed by atoms with Crippen LogP contribution in [0.5, 0.6) is 0 Å². The standard InChI is InChI=1S/C9H16N4/c1-8(2)6-13-7-9(10-11-13)12-4-3-5-12/h7-8H,3-6H2,1-2H3. The van der Waals surface area contributed by atoms with E-state index in [4.69, 9.17) is 0 Å². The molecule has 1 saturated heterocycles. The van der Waals surface area contributed by atoms with Crippen molar-refractivity contribution in [3.63, 3.8) is 0 Å². The van der Waals surface area contributed by atoms with Gasteiger partial charge in [-0.1, -0.05) is 19.1 Å². The van der Waals surface area contributed by atoms with Gasteiger partial charge in [-0.15, -0.1) is 5.10 Å². The van der Waals surface area contributed by atoms with Gasteiger partial charge < -0.3 is 4.90 Å². The Hall–Kier alpha value is -1.06. The summed E-state index contributed by atoms with van der Waals surface area (Å²) in [4.78, 5) is 2.25. The molecule has 0 unspecified atom stereocenters. The zero-order valence-corrected chi connectivity index (χ0v) is 8.27. The van der Waals surface area contributed by atoms with E-state index in [0.717, 1.165) is 25.5 Å². The smallest absolute Gasteiger partial charge is 0.171 e. The van der Waals surface area contributed by atoms with Crippen LogP contribution in [-0.2, 0) is 6.54 Å². The van der Waals surface area contributed by atoms with Crippen molar-refractivity contribution in [3.8, 4) is 0 Å². The molecule has 1 aliphatic heterocycles. The van der Waals surface area contributed by atoms with E-state index in [1.54, 1.807) is 0 Å². The first-order valence-corrected chi connectivity index (χ1v) is 4.91. The highest BCUT2D eigenvalue weighted by Crippen LogP contribution is 2.16. The summed E-state index contributed by atoms with van der Waals surface area (Å²) in [7, 11) is 0. The molecule has 0 radical (unpaired) electrons. The minimum absolute atomic E-state index is 0.631. The van der Waals surface area contributed by atoms with E-state index in [1.807, 2.05) is 10.9 Å². The molecular formula is C9H16N4. The fourth-order valence-electron chi connectivity index (χ4n) is 1.44. The summed E-state index contributed by atoms with van der Waals surface area (Å²) in [6.07, 6.45) is 3.33. The van der Waals surface area contributed by atoms with Crippen LogP contribution >= 0.6 is 0 Å². The molecule has 0 aromatic carbocycles. The van der Waals surface area contributed by atoms with Gasteiger partial charge in [0.1, 0.15) is 0 Å². The number of nitrogens with zero attached hydrogens (tertiary/aromatic N) is 4. The number of hydrogen-bond donors (Lipinski definition) is 0. The Labute approximate surface area is 78.5 Å². The lowest BCUT2D eigenvalue weighted by Crippen LogP contribution is -2.37. The average Bonchev–Trinajstić information content (AvgIpc) is 2.31. The third-order valence-electron chi connectivity index (χ3n) is 2.26. The highest BCUT2D eigenvalue weighted by Gasteiger charge is 2.17. The van der Waals surface area contributed by atoms with E-state index >= 15 is 0 Å². The first-order chi connectivity index (χ1) is 6.25. The van der Waals surface area contributed by atoms with Crippen molar-refractivity contribution >= 4 is 5.82 Å². The van der Waals surface area contributed by atoms with Crippen molar-refractivity contribution in [3.05, 3.63) is 6.20 Å². The van der Waals surface area contributed by atoms with Crippen LogP contribution in [0.15, 0.2) is 6.20 Å². The molecule has 1 aromatic rings. The highest BCUT2D eigenvalue weighted by molar-refractivity contribution is 5.37. The van der Waals surface area contributed by atoms with Gasteiger partial charge >= 0.3 is 0 Å². The third-order valence-corrected chi connectivity index (χ3v) is 2.26. The maximum atomic E-state index is 4.13. The van der Waals surface area contributed by atoms with Crippen molar-refractivity contribution < 1.29 is 0 Å². The van der Waals surface area contributed by atoms with Crippen molar-refractivity contribution in [1.29, 1.82) is 0 Å². The maximum absolute atomic E-state index is 4.13. The summed E-state index contributed by atoms with van der Waals surface area (Å²) in [6.45, 7) is 7.61. The largest absolute Gasteiger partial charge is 0.354 e. The average molecular weight is 180 g/mol. The van der Waals surface area contributed by atoms with Crippen molar-refractivity contribution in [2.24, 2.45) is 5.92 Å². The monoisotopic (exact) mass is 180 g/mol. The summed E-state index contributed by atoms with van der Waals surface area (Å²) in [5.41, 5.74) is 0. The van der Waals surface area contributed by atoms with Crippen LogP contribution in [0, 0.1) is 5.92 Å². The molecule has 0 N–H and O–H groups in total. The summed E-state index contributed by atoms with van der Waals surface area (Å²) >= 11 is 0. The van der Waals surface area contributed by atoms with Gasteiger partial charge in [-0.2, -0.15) is 0 Å². The van der Waals surface area contributed by atoms with Crippen LogP contribution in [0.4, 0.5) is 5.82 Å².